The Hall–Kier alpha value is 0.0687. The molecule has 2 radical (unpaired) electrons. The summed E-state index contributed by atoms with van der Waals surface area (Å²) in [6.07, 6.45) is 1.15. The minimum atomic E-state index is -0.364. The summed E-state index contributed by atoms with van der Waals surface area (Å²) in [7, 11) is 0. The number of rotatable bonds is 5. The predicted molar refractivity (Wildman–Crippen MR) is 67.0 cm³/mol. The van der Waals surface area contributed by atoms with Crippen LogP contribution in [0.4, 0.5) is 0 Å². The summed E-state index contributed by atoms with van der Waals surface area (Å²) < 4.78 is 3.26. The number of hydrogen-bond acceptors (Lipinski definition) is 2. The molecule has 1 aromatic carbocycles. The molecule has 0 spiro atoms. The number of benzene rings is 1. The van der Waals surface area contributed by atoms with Crippen molar-refractivity contribution in [3.63, 3.8) is 0 Å². The fourth-order valence-corrected chi connectivity index (χ4v) is 3.78. The molecule has 1 atom stereocenters. The van der Waals surface area contributed by atoms with E-state index in [0.29, 0.717) is 0 Å². The SMILES string of the molecule is CC(N)c1ccccc1C[CH2][Sn][CH]=S. The van der Waals surface area contributed by atoms with Crippen LogP contribution in [0.15, 0.2) is 24.3 Å². The molecule has 0 bridgehead atoms. The standard InChI is InChI=1S/C10H14N.CHS.Sn/c1-3-9-6-4-5-7-10(9)8(2)11;1-2;/h4-8H,1,3,11H2,2H3;1H;. The fraction of sp³-hybridized carbons (Fsp3) is 0.364. The summed E-state index contributed by atoms with van der Waals surface area (Å²) in [4.78, 5) is 0. The van der Waals surface area contributed by atoms with E-state index in [1.807, 2.05) is 10.3 Å². The average molecular weight is 312 g/mol. The van der Waals surface area contributed by atoms with Gasteiger partial charge in [-0.2, -0.15) is 0 Å². The molecule has 74 valence electrons. The summed E-state index contributed by atoms with van der Waals surface area (Å²) in [6.45, 7) is 2.04. The Labute approximate surface area is 101 Å². The van der Waals surface area contributed by atoms with E-state index in [2.05, 4.69) is 24.3 Å². The van der Waals surface area contributed by atoms with Crippen LogP contribution in [-0.2, 0) is 6.42 Å². The summed E-state index contributed by atoms with van der Waals surface area (Å²) in [5, 5.41) is 0. The van der Waals surface area contributed by atoms with Gasteiger partial charge in [-0.05, 0) is 0 Å². The van der Waals surface area contributed by atoms with E-state index >= 15 is 0 Å². The summed E-state index contributed by atoms with van der Waals surface area (Å²) in [5.74, 6) is 0. The van der Waals surface area contributed by atoms with Gasteiger partial charge in [0.2, 0.25) is 0 Å². The maximum atomic E-state index is 5.90. The third-order valence-corrected chi connectivity index (χ3v) is 5.30. The van der Waals surface area contributed by atoms with Crippen LogP contribution in [0.2, 0.25) is 4.44 Å². The quantitative estimate of drug-likeness (QED) is 0.513. The third-order valence-electron chi connectivity index (χ3n) is 2.17. The van der Waals surface area contributed by atoms with Crippen LogP contribution in [0, 0.1) is 0 Å². The van der Waals surface area contributed by atoms with Gasteiger partial charge in [0.1, 0.15) is 0 Å². The van der Waals surface area contributed by atoms with Crippen molar-refractivity contribution >= 4 is 36.7 Å². The second-order valence-electron chi connectivity index (χ2n) is 3.31. The van der Waals surface area contributed by atoms with Gasteiger partial charge >= 0.3 is 102 Å². The topological polar surface area (TPSA) is 26.0 Å². The molecule has 0 heterocycles. The Bertz CT molecular complexity index is 299. The van der Waals surface area contributed by atoms with Gasteiger partial charge in [-0.15, -0.1) is 0 Å². The second-order valence-corrected chi connectivity index (χ2v) is 8.16. The zero-order chi connectivity index (χ0) is 10.4. The van der Waals surface area contributed by atoms with Crippen LogP contribution in [0.25, 0.3) is 0 Å². The van der Waals surface area contributed by atoms with Crippen molar-refractivity contribution in [2.75, 3.05) is 0 Å². The van der Waals surface area contributed by atoms with Crippen molar-refractivity contribution in [1.29, 1.82) is 0 Å². The van der Waals surface area contributed by atoms with Crippen molar-refractivity contribution in [1.82, 2.24) is 0 Å². The number of nitrogens with two attached hydrogens (primary N) is 1. The van der Waals surface area contributed by atoms with Crippen LogP contribution in [-0.4, -0.2) is 24.5 Å². The van der Waals surface area contributed by atoms with Crippen LogP contribution in [0.5, 0.6) is 0 Å². The summed E-state index contributed by atoms with van der Waals surface area (Å²) >= 11 is 4.51. The number of aryl methyl sites for hydroxylation is 1. The van der Waals surface area contributed by atoms with Gasteiger partial charge in [0.25, 0.3) is 0 Å². The Kier molecular flexibility index (Phi) is 5.67. The Morgan fingerprint density at radius 3 is 2.86 bits per heavy atom. The van der Waals surface area contributed by atoms with Crippen molar-refractivity contribution in [2.45, 2.75) is 23.8 Å². The summed E-state index contributed by atoms with van der Waals surface area (Å²) in [6, 6.07) is 8.60. The van der Waals surface area contributed by atoms with Crippen LogP contribution < -0.4 is 5.73 Å². The third kappa shape index (κ3) is 3.67. The first-order valence-electron chi connectivity index (χ1n) is 4.76. The Morgan fingerprint density at radius 2 is 2.21 bits per heavy atom. The molecule has 0 aliphatic heterocycles. The van der Waals surface area contributed by atoms with Gasteiger partial charge in [0, 0.05) is 0 Å². The van der Waals surface area contributed by atoms with Crippen LogP contribution in [0.3, 0.4) is 0 Å². The van der Waals surface area contributed by atoms with Gasteiger partial charge in [-0.1, -0.05) is 0 Å². The van der Waals surface area contributed by atoms with E-state index in [1.54, 1.807) is 0 Å². The number of hydrogen-bond donors (Lipinski definition) is 1. The van der Waals surface area contributed by atoms with E-state index in [9.17, 15) is 0 Å². The maximum absolute atomic E-state index is 5.90. The molecule has 0 aromatic heterocycles. The van der Waals surface area contributed by atoms with Gasteiger partial charge < -0.3 is 0 Å². The summed E-state index contributed by atoms with van der Waals surface area (Å²) in [5.41, 5.74) is 8.60. The first kappa shape index (κ1) is 12.1. The van der Waals surface area contributed by atoms with Gasteiger partial charge in [0.15, 0.2) is 0 Å². The van der Waals surface area contributed by atoms with Crippen LogP contribution in [0.1, 0.15) is 24.1 Å². The minimum absolute atomic E-state index is 0.143. The van der Waals surface area contributed by atoms with Gasteiger partial charge in [-0.3, -0.25) is 0 Å². The molecule has 2 N–H and O–H groups in total. The van der Waals surface area contributed by atoms with Crippen molar-refractivity contribution in [2.24, 2.45) is 5.73 Å². The first-order valence-corrected chi connectivity index (χ1v) is 8.90. The molecule has 14 heavy (non-hydrogen) atoms. The molecule has 0 saturated carbocycles. The normalized spacial score (nSPS) is 12.4. The monoisotopic (exact) mass is 313 g/mol. The molecule has 0 amide bonds. The molecule has 0 aliphatic carbocycles. The molecule has 3 heteroatoms. The van der Waals surface area contributed by atoms with Crippen molar-refractivity contribution in [3.8, 4) is 0 Å². The zero-order valence-corrected chi connectivity index (χ0v) is 12.0. The molecular weight excluding hydrogens is 297 g/mol. The average Bonchev–Trinajstić information content (AvgIpc) is 2.19. The van der Waals surface area contributed by atoms with E-state index in [-0.39, 0.29) is 27.2 Å². The van der Waals surface area contributed by atoms with E-state index in [0.717, 1.165) is 6.42 Å². The fourth-order valence-electron chi connectivity index (χ4n) is 1.47. The van der Waals surface area contributed by atoms with E-state index in [1.165, 1.54) is 15.6 Å². The molecule has 1 unspecified atom stereocenters. The van der Waals surface area contributed by atoms with Crippen molar-refractivity contribution < 1.29 is 0 Å². The molecule has 1 aromatic rings. The van der Waals surface area contributed by atoms with Crippen LogP contribution >= 0.6 is 12.2 Å². The zero-order valence-electron chi connectivity index (χ0n) is 8.36. The molecule has 0 aliphatic rings. The molecule has 0 saturated heterocycles. The molecule has 1 rings (SSSR count). The van der Waals surface area contributed by atoms with Gasteiger partial charge in [-0.25, -0.2) is 0 Å². The Morgan fingerprint density at radius 1 is 1.50 bits per heavy atom. The van der Waals surface area contributed by atoms with Crippen molar-refractivity contribution in [3.05, 3.63) is 35.4 Å². The van der Waals surface area contributed by atoms with E-state index in [4.69, 9.17) is 18.0 Å². The number of thiocarbonyl (C=S) groups is 1. The van der Waals surface area contributed by atoms with E-state index < -0.39 is 0 Å². The molecule has 0 fully saturated rings. The second kappa shape index (κ2) is 6.53. The Balaban J connectivity index is 2.69. The predicted octanol–water partition coefficient (Wildman–Crippen LogP) is 2.33. The first-order chi connectivity index (χ1) is 6.75. The van der Waals surface area contributed by atoms with Gasteiger partial charge in [0.05, 0.1) is 0 Å². The molecular formula is C11H15NSSn. The molecule has 1 nitrogen and oxygen atoms in total.